The molecule has 1 aliphatic heterocycles. The summed E-state index contributed by atoms with van der Waals surface area (Å²) in [4.78, 5) is 11.9. The zero-order valence-electron chi connectivity index (χ0n) is 8.50. The van der Waals surface area contributed by atoms with E-state index in [4.69, 9.17) is 0 Å². The third kappa shape index (κ3) is 2.42. The molecule has 15 heavy (non-hydrogen) atoms. The largest absolute Gasteiger partial charge is 0.307 e. The van der Waals surface area contributed by atoms with Gasteiger partial charge in [-0.1, -0.05) is 18.6 Å². The second kappa shape index (κ2) is 4.53. The van der Waals surface area contributed by atoms with E-state index in [1.807, 2.05) is 0 Å². The van der Waals surface area contributed by atoms with Crippen molar-refractivity contribution in [1.82, 2.24) is 5.32 Å². The van der Waals surface area contributed by atoms with Gasteiger partial charge in [0.25, 0.3) is 0 Å². The Morgan fingerprint density at radius 2 is 2.27 bits per heavy atom. The normalized spacial score (nSPS) is 21.3. The van der Waals surface area contributed by atoms with Crippen LogP contribution < -0.4 is 5.32 Å². The van der Waals surface area contributed by atoms with Crippen molar-refractivity contribution in [1.29, 1.82) is 0 Å². The molecule has 80 valence electrons. The van der Waals surface area contributed by atoms with Crippen LogP contribution in [-0.4, -0.2) is 18.4 Å². The smallest absolute Gasteiger partial charge is 0.179 e. The first kappa shape index (κ1) is 10.3. The van der Waals surface area contributed by atoms with Crippen LogP contribution in [0.5, 0.6) is 0 Å². The summed E-state index contributed by atoms with van der Waals surface area (Å²) in [6.45, 7) is 0.881. The molecule has 0 radical (unpaired) electrons. The summed E-state index contributed by atoms with van der Waals surface area (Å²) in [6, 6.07) is 5.78. The number of halogens is 1. The van der Waals surface area contributed by atoms with E-state index in [1.165, 1.54) is 12.1 Å². The van der Waals surface area contributed by atoms with E-state index in [-0.39, 0.29) is 17.6 Å². The highest BCUT2D eigenvalue weighted by atomic mass is 19.1. The molecule has 0 unspecified atom stereocenters. The number of benzene rings is 1. The molecule has 1 saturated heterocycles. The molecule has 2 nitrogen and oxygen atoms in total. The Bertz CT molecular complexity index is 358. The van der Waals surface area contributed by atoms with Gasteiger partial charge in [0, 0.05) is 5.56 Å². The first-order valence-electron chi connectivity index (χ1n) is 5.30. The molecule has 0 amide bonds. The number of Topliss-reactive ketones (excluding diaryl/α,β-unsaturated/α-hetero) is 1. The summed E-state index contributed by atoms with van der Waals surface area (Å²) in [5.74, 6) is -0.342. The minimum Gasteiger partial charge on any atom is -0.307 e. The van der Waals surface area contributed by atoms with Crippen LogP contribution in [0.2, 0.25) is 0 Å². The standard InChI is InChI=1S/C12H14FNO/c13-10-5-3-4-9(8-10)12(15)11-6-1-2-7-14-11/h3-5,8,11,14H,1-2,6-7H2/t11-/m1/s1. The van der Waals surface area contributed by atoms with Crippen LogP contribution in [0, 0.1) is 5.82 Å². The van der Waals surface area contributed by atoms with Crippen molar-refractivity contribution in [3.8, 4) is 0 Å². The maximum absolute atomic E-state index is 12.9. The van der Waals surface area contributed by atoms with E-state index < -0.39 is 0 Å². The number of carbonyl (C=O) groups excluding carboxylic acids is 1. The van der Waals surface area contributed by atoms with Gasteiger partial charge in [-0.05, 0) is 31.5 Å². The van der Waals surface area contributed by atoms with Gasteiger partial charge in [0.15, 0.2) is 5.78 Å². The van der Waals surface area contributed by atoms with Gasteiger partial charge >= 0.3 is 0 Å². The van der Waals surface area contributed by atoms with E-state index in [2.05, 4.69) is 5.32 Å². The fourth-order valence-corrected chi connectivity index (χ4v) is 1.92. The molecule has 0 bridgehead atoms. The molecule has 1 aliphatic rings. The quantitative estimate of drug-likeness (QED) is 0.753. The molecule has 1 aromatic rings. The third-order valence-corrected chi connectivity index (χ3v) is 2.74. The molecule has 2 rings (SSSR count). The summed E-state index contributed by atoms with van der Waals surface area (Å²) in [7, 11) is 0. The number of hydrogen-bond acceptors (Lipinski definition) is 2. The Kier molecular flexibility index (Phi) is 3.11. The number of nitrogens with one attached hydrogen (secondary N) is 1. The lowest BCUT2D eigenvalue weighted by Gasteiger charge is -2.22. The third-order valence-electron chi connectivity index (χ3n) is 2.74. The van der Waals surface area contributed by atoms with E-state index >= 15 is 0 Å². The maximum Gasteiger partial charge on any atom is 0.179 e. The molecule has 0 saturated carbocycles. The highest BCUT2D eigenvalue weighted by Gasteiger charge is 2.21. The summed E-state index contributed by atoms with van der Waals surface area (Å²) in [5, 5.41) is 3.16. The van der Waals surface area contributed by atoms with Crippen molar-refractivity contribution in [2.75, 3.05) is 6.54 Å². The zero-order valence-corrected chi connectivity index (χ0v) is 8.50. The van der Waals surface area contributed by atoms with Crippen molar-refractivity contribution in [2.45, 2.75) is 25.3 Å². The average molecular weight is 207 g/mol. The van der Waals surface area contributed by atoms with Crippen molar-refractivity contribution in [3.63, 3.8) is 0 Å². The Labute approximate surface area is 88.5 Å². The van der Waals surface area contributed by atoms with E-state index in [9.17, 15) is 9.18 Å². The van der Waals surface area contributed by atoms with E-state index in [0.717, 1.165) is 25.8 Å². The number of carbonyl (C=O) groups is 1. The van der Waals surface area contributed by atoms with Gasteiger partial charge in [-0.25, -0.2) is 4.39 Å². The van der Waals surface area contributed by atoms with Crippen molar-refractivity contribution < 1.29 is 9.18 Å². The maximum atomic E-state index is 12.9. The second-order valence-corrected chi connectivity index (χ2v) is 3.88. The lowest BCUT2D eigenvalue weighted by molar-refractivity contribution is 0.0926. The Hall–Kier alpha value is -1.22. The van der Waals surface area contributed by atoms with Crippen LogP contribution >= 0.6 is 0 Å². The Morgan fingerprint density at radius 1 is 1.40 bits per heavy atom. The first-order valence-corrected chi connectivity index (χ1v) is 5.30. The predicted molar refractivity (Wildman–Crippen MR) is 56.4 cm³/mol. The molecule has 0 aromatic heterocycles. The van der Waals surface area contributed by atoms with Gasteiger partial charge in [0.1, 0.15) is 5.82 Å². The molecule has 1 heterocycles. The molecule has 0 spiro atoms. The molecule has 3 heteroatoms. The van der Waals surface area contributed by atoms with Crippen molar-refractivity contribution in [2.24, 2.45) is 0 Å². The van der Waals surface area contributed by atoms with Gasteiger partial charge in [-0.3, -0.25) is 4.79 Å². The Morgan fingerprint density at radius 3 is 2.93 bits per heavy atom. The minimum atomic E-state index is -0.350. The Balaban J connectivity index is 2.12. The number of rotatable bonds is 2. The second-order valence-electron chi connectivity index (χ2n) is 3.88. The summed E-state index contributed by atoms with van der Waals surface area (Å²) >= 11 is 0. The first-order chi connectivity index (χ1) is 7.27. The lowest BCUT2D eigenvalue weighted by atomic mass is 9.96. The topological polar surface area (TPSA) is 29.1 Å². The van der Waals surface area contributed by atoms with Crippen LogP contribution in [0.4, 0.5) is 4.39 Å². The fraction of sp³-hybridized carbons (Fsp3) is 0.417. The van der Waals surface area contributed by atoms with E-state index in [1.54, 1.807) is 12.1 Å². The molecular formula is C12H14FNO. The molecule has 1 aromatic carbocycles. The molecule has 1 atom stereocenters. The number of hydrogen-bond donors (Lipinski definition) is 1. The fourth-order valence-electron chi connectivity index (χ4n) is 1.92. The highest BCUT2D eigenvalue weighted by Crippen LogP contribution is 2.13. The van der Waals surface area contributed by atoms with E-state index in [0.29, 0.717) is 5.56 Å². The summed E-state index contributed by atoms with van der Waals surface area (Å²) in [6.07, 6.45) is 3.04. The van der Waals surface area contributed by atoms with Crippen LogP contribution in [0.3, 0.4) is 0 Å². The van der Waals surface area contributed by atoms with Crippen molar-refractivity contribution in [3.05, 3.63) is 35.6 Å². The average Bonchev–Trinajstić information content (AvgIpc) is 2.29. The predicted octanol–water partition coefficient (Wildman–Crippen LogP) is 2.15. The van der Waals surface area contributed by atoms with Gasteiger partial charge in [0.05, 0.1) is 6.04 Å². The van der Waals surface area contributed by atoms with Gasteiger partial charge < -0.3 is 5.32 Å². The number of piperidine rings is 1. The minimum absolute atomic E-state index is 0.00852. The van der Waals surface area contributed by atoms with Crippen molar-refractivity contribution >= 4 is 5.78 Å². The SMILES string of the molecule is O=C(c1cccc(F)c1)[C@H]1CCCCN1. The number of ketones is 1. The van der Waals surface area contributed by atoms with Gasteiger partial charge in [-0.15, -0.1) is 0 Å². The molecule has 1 N–H and O–H groups in total. The molecule has 1 fully saturated rings. The van der Waals surface area contributed by atoms with Crippen LogP contribution in [-0.2, 0) is 0 Å². The zero-order chi connectivity index (χ0) is 10.7. The van der Waals surface area contributed by atoms with Gasteiger partial charge in [0.2, 0.25) is 0 Å². The highest BCUT2D eigenvalue weighted by molar-refractivity contribution is 6.00. The molecular weight excluding hydrogens is 193 g/mol. The molecule has 0 aliphatic carbocycles. The van der Waals surface area contributed by atoms with Gasteiger partial charge in [-0.2, -0.15) is 0 Å². The summed E-state index contributed by atoms with van der Waals surface area (Å²) in [5.41, 5.74) is 0.467. The lowest BCUT2D eigenvalue weighted by Crippen LogP contribution is -2.40. The van der Waals surface area contributed by atoms with Crippen LogP contribution in [0.15, 0.2) is 24.3 Å². The van der Waals surface area contributed by atoms with Crippen LogP contribution in [0.25, 0.3) is 0 Å². The summed E-state index contributed by atoms with van der Waals surface area (Å²) < 4.78 is 12.9. The van der Waals surface area contributed by atoms with Crippen LogP contribution in [0.1, 0.15) is 29.6 Å². The monoisotopic (exact) mass is 207 g/mol.